The number of aliphatic hydroxyl groups is 1. The van der Waals surface area contributed by atoms with Gasteiger partial charge in [-0.3, -0.25) is 0 Å². The van der Waals surface area contributed by atoms with Crippen LogP contribution < -0.4 is 5.32 Å². The quantitative estimate of drug-likeness (QED) is 0.769. The maximum atomic E-state index is 10.6. The summed E-state index contributed by atoms with van der Waals surface area (Å²) < 4.78 is 0. The first kappa shape index (κ1) is 13.4. The molecule has 1 unspecified atom stereocenters. The van der Waals surface area contributed by atoms with E-state index in [1.54, 1.807) is 12.1 Å². The van der Waals surface area contributed by atoms with E-state index in [1.807, 2.05) is 19.2 Å². The summed E-state index contributed by atoms with van der Waals surface area (Å²) >= 11 is 0. The third kappa shape index (κ3) is 3.24. The van der Waals surface area contributed by atoms with Gasteiger partial charge in [-0.1, -0.05) is 31.4 Å². The van der Waals surface area contributed by atoms with Crippen molar-refractivity contribution in [1.29, 1.82) is 0 Å². The molecule has 1 aliphatic rings. The Morgan fingerprint density at radius 2 is 1.78 bits per heavy atom. The lowest BCUT2D eigenvalue weighted by molar-refractivity contribution is -0.0120. The number of aromatic hydroxyl groups is 1. The van der Waals surface area contributed by atoms with Crippen molar-refractivity contribution in [2.24, 2.45) is 0 Å². The SMILES string of the molecule is CNC(CC1(O)CCCCC1)c1ccc(O)cc1. The van der Waals surface area contributed by atoms with Crippen molar-refractivity contribution in [2.75, 3.05) is 7.05 Å². The van der Waals surface area contributed by atoms with Gasteiger partial charge in [0.15, 0.2) is 0 Å². The lowest BCUT2D eigenvalue weighted by Crippen LogP contribution is -2.36. The Kier molecular flexibility index (Phi) is 4.25. The molecule has 3 N–H and O–H groups in total. The molecule has 1 fully saturated rings. The smallest absolute Gasteiger partial charge is 0.115 e. The predicted octanol–water partition coefficient (Wildman–Crippen LogP) is 2.74. The van der Waals surface area contributed by atoms with Gasteiger partial charge in [-0.2, -0.15) is 0 Å². The molecule has 1 atom stereocenters. The molecule has 0 amide bonds. The lowest BCUT2D eigenvalue weighted by Gasteiger charge is -2.35. The average Bonchev–Trinajstić information content (AvgIpc) is 2.38. The summed E-state index contributed by atoms with van der Waals surface area (Å²) in [5.41, 5.74) is 0.596. The van der Waals surface area contributed by atoms with Crippen LogP contribution in [0.25, 0.3) is 0 Å². The van der Waals surface area contributed by atoms with Crippen molar-refractivity contribution < 1.29 is 10.2 Å². The van der Waals surface area contributed by atoms with Gasteiger partial charge in [0.05, 0.1) is 5.60 Å². The fourth-order valence-corrected chi connectivity index (χ4v) is 2.89. The Bertz CT molecular complexity index is 369. The summed E-state index contributed by atoms with van der Waals surface area (Å²) in [5, 5.41) is 23.2. The number of benzene rings is 1. The van der Waals surface area contributed by atoms with Crippen LogP contribution in [0.5, 0.6) is 5.75 Å². The summed E-state index contributed by atoms with van der Waals surface area (Å²) in [6.45, 7) is 0. The van der Waals surface area contributed by atoms with E-state index in [4.69, 9.17) is 0 Å². The standard InChI is InChI=1S/C15H23NO2/c1-16-14(12-5-7-13(17)8-6-12)11-15(18)9-3-2-4-10-15/h5-8,14,16-18H,2-4,9-11H2,1H3. The molecule has 100 valence electrons. The highest BCUT2D eigenvalue weighted by Crippen LogP contribution is 2.35. The van der Waals surface area contributed by atoms with E-state index in [0.29, 0.717) is 0 Å². The molecule has 18 heavy (non-hydrogen) atoms. The van der Waals surface area contributed by atoms with Gasteiger partial charge in [-0.25, -0.2) is 0 Å². The molecule has 0 spiro atoms. The summed E-state index contributed by atoms with van der Waals surface area (Å²) in [6, 6.07) is 7.38. The molecule has 3 heteroatoms. The molecule has 2 rings (SSSR count). The normalized spacial score (nSPS) is 20.6. The zero-order valence-electron chi connectivity index (χ0n) is 11.0. The molecule has 0 aliphatic heterocycles. The van der Waals surface area contributed by atoms with Crippen LogP contribution in [0.1, 0.15) is 50.1 Å². The van der Waals surface area contributed by atoms with E-state index in [9.17, 15) is 10.2 Å². The molecule has 1 aliphatic carbocycles. The Hall–Kier alpha value is -1.06. The van der Waals surface area contributed by atoms with E-state index < -0.39 is 5.60 Å². The van der Waals surface area contributed by atoms with Crippen LogP contribution in [0.2, 0.25) is 0 Å². The van der Waals surface area contributed by atoms with Crippen LogP contribution >= 0.6 is 0 Å². The molecule has 1 saturated carbocycles. The Labute approximate surface area is 109 Å². The van der Waals surface area contributed by atoms with E-state index in [2.05, 4.69) is 5.32 Å². The first-order valence-electron chi connectivity index (χ1n) is 6.81. The van der Waals surface area contributed by atoms with Crippen molar-refractivity contribution >= 4 is 0 Å². The predicted molar refractivity (Wildman–Crippen MR) is 72.6 cm³/mol. The van der Waals surface area contributed by atoms with Crippen molar-refractivity contribution in [2.45, 2.75) is 50.2 Å². The topological polar surface area (TPSA) is 52.5 Å². The second-order valence-corrected chi connectivity index (χ2v) is 5.42. The van der Waals surface area contributed by atoms with Crippen molar-refractivity contribution in [3.05, 3.63) is 29.8 Å². The Morgan fingerprint density at radius 3 is 2.33 bits per heavy atom. The summed E-state index contributed by atoms with van der Waals surface area (Å²) in [6.07, 6.45) is 6.05. The van der Waals surface area contributed by atoms with Crippen molar-refractivity contribution in [3.63, 3.8) is 0 Å². The van der Waals surface area contributed by atoms with Crippen LogP contribution in [0, 0.1) is 0 Å². The molecule has 0 heterocycles. The van der Waals surface area contributed by atoms with Crippen LogP contribution in [-0.2, 0) is 0 Å². The highest BCUT2D eigenvalue weighted by Gasteiger charge is 2.32. The molecular formula is C15H23NO2. The highest BCUT2D eigenvalue weighted by atomic mass is 16.3. The van der Waals surface area contributed by atoms with E-state index in [0.717, 1.165) is 37.7 Å². The maximum Gasteiger partial charge on any atom is 0.115 e. The number of phenolic OH excluding ortho intramolecular Hbond substituents is 1. The molecule has 1 aromatic rings. The van der Waals surface area contributed by atoms with Crippen LogP contribution in [0.3, 0.4) is 0 Å². The molecular weight excluding hydrogens is 226 g/mol. The van der Waals surface area contributed by atoms with Crippen LogP contribution in [0.4, 0.5) is 0 Å². The molecule has 0 bridgehead atoms. The van der Waals surface area contributed by atoms with Crippen LogP contribution in [-0.4, -0.2) is 22.9 Å². The maximum absolute atomic E-state index is 10.6. The minimum atomic E-state index is -0.524. The summed E-state index contributed by atoms with van der Waals surface area (Å²) in [7, 11) is 1.92. The number of rotatable bonds is 4. The van der Waals surface area contributed by atoms with E-state index >= 15 is 0 Å². The largest absolute Gasteiger partial charge is 0.508 e. The van der Waals surface area contributed by atoms with Gasteiger partial charge >= 0.3 is 0 Å². The van der Waals surface area contributed by atoms with E-state index in [-0.39, 0.29) is 11.8 Å². The zero-order valence-corrected chi connectivity index (χ0v) is 11.0. The van der Waals surface area contributed by atoms with E-state index in [1.165, 1.54) is 6.42 Å². The van der Waals surface area contributed by atoms with Gasteiger partial charge in [0.2, 0.25) is 0 Å². The highest BCUT2D eigenvalue weighted by molar-refractivity contribution is 5.28. The number of hydrogen-bond donors (Lipinski definition) is 3. The van der Waals surface area contributed by atoms with Gasteiger partial charge in [0.1, 0.15) is 5.75 Å². The van der Waals surface area contributed by atoms with Crippen LogP contribution in [0.15, 0.2) is 24.3 Å². The van der Waals surface area contributed by atoms with Gasteiger partial charge in [-0.05, 0) is 44.0 Å². The zero-order chi connectivity index (χ0) is 13.0. The third-order valence-electron chi connectivity index (χ3n) is 4.01. The minimum Gasteiger partial charge on any atom is -0.508 e. The molecule has 0 saturated heterocycles. The lowest BCUT2D eigenvalue weighted by atomic mass is 9.79. The molecule has 3 nitrogen and oxygen atoms in total. The average molecular weight is 249 g/mol. The summed E-state index contributed by atoms with van der Waals surface area (Å²) in [4.78, 5) is 0. The second-order valence-electron chi connectivity index (χ2n) is 5.42. The number of phenols is 1. The molecule has 0 radical (unpaired) electrons. The Balaban J connectivity index is 2.06. The number of nitrogens with one attached hydrogen (secondary N) is 1. The fraction of sp³-hybridized carbons (Fsp3) is 0.600. The van der Waals surface area contributed by atoms with Gasteiger partial charge in [0.25, 0.3) is 0 Å². The van der Waals surface area contributed by atoms with Gasteiger partial charge in [-0.15, -0.1) is 0 Å². The summed E-state index contributed by atoms with van der Waals surface area (Å²) in [5.74, 6) is 0.282. The first-order valence-corrected chi connectivity index (χ1v) is 6.81. The third-order valence-corrected chi connectivity index (χ3v) is 4.01. The van der Waals surface area contributed by atoms with Gasteiger partial charge in [0, 0.05) is 6.04 Å². The number of hydrogen-bond acceptors (Lipinski definition) is 3. The molecule has 1 aromatic carbocycles. The molecule has 0 aromatic heterocycles. The Morgan fingerprint density at radius 1 is 1.17 bits per heavy atom. The first-order chi connectivity index (χ1) is 8.63. The van der Waals surface area contributed by atoms with Crippen molar-refractivity contribution in [3.8, 4) is 5.75 Å². The minimum absolute atomic E-state index is 0.147. The van der Waals surface area contributed by atoms with Crippen molar-refractivity contribution in [1.82, 2.24) is 5.32 Å². The van der Waals surface area contributed by atoms with Gasteiger partial charge < -0.3 is 15.5 Å². The second kappa shape index (κ2) is 5.72. The monoisotopic (exact) mass is 249 g/mol. The fourth-order valence-electron chi connectivity index (χ4n) is 2.89.